The summed E-state index contributed by atoms with van der Waals surface area (Å²) >= 11 is 28.2. The third-order valence-corrected chi connectivity index (χ3v) is 43.3. The Morgan fingerprint density at radius 3 is 0.542 bits per heavy atom. The standard InChI is InChI=1S/2C22H34Cl2N2Si2.2ClH.Ru/c2*1-15(2)27(23,16(3)4)19-9-11-21(25-13-19)22-12-10-20(14-26-22)28(24,17(5)6)18(7)8;;;/h2*9-18H,1-8H3;2*1H;/q;;;;+2/p-2. The molecular weight excluding hydrogens is 1010 g/mol. The van der Waals surface area contributed by atoms with E-state index in [2.05, 4.69) is 159 Å². The van der Waals surface area contributed by atoms with Gasteiger partial charge in [-0.1, -0.05) is 135 Å². The van der Waals surface area contributed by atoms with E-state index in [9.17, 15) is 0 Å². The second-order valence-electron chi connectivity index (χ2n) is 18.1. The zero-order valence-electron chi connectivity index (χ0n) is 38.0. The van der Waals surface area contributed by atoms with Crippen LogP contribution >= 0.6 is 63.7 Å². The molecule has 4 aromatic heterocycles. The molecule has 15 heteroatoms. The van der Waals surface area contributed by atoms with Crippen LogP contribution in [0.25, 0.3) is 22.8 Å². The molecule has 59 heavy (non-hydrogen) atoms. The molecule has 4 heterocycles. The first kappa shape index (κ1) is 55.0. The summed E-state index contributed by atoms with van der Waals surface area (Å²) in [5.74, 6) is 0. The molecule has 0 unspecified atom stereocenters. The SMILES string of the molecule is CC(C)[Si](Cl)(c1ccc(-c2ccc([Si](Cl)(C(C)C)C(C)C)cn2)nc1)C(C)C.CC(C)[Si](Cl)(c1ccc(-c2ccc([Si](Cl)(C(C)C)C(C)C)cn2)nc1)C(C)C.[Cl][Ru][Cl]. The molecule has 0 aliphatic rings. The van der Waals surface area contributed by atoms with Gasteiger partial charge >= 0.3 is 34.5 Å². The van der Waals surface area contributed by atoms with Crippen LogP contribution in [0.3, 0.4) is 0 Å². The van der Waals surface area contributed by atoms with E-state index in [1.807, 2.05) is 24.8 Å². The quantitative estimate of drug-likeness (QED) is 0.0933. The molecule has 0 bridgehead atoms. The maximum absolute atomic E-state index is 7.14. The molecule has 4 nitrogen and oxygen atoms in total. The Balaban J connectivity index is 0.000000381. The molecule has 0 fully saturated rings. The number of nitrogens with zero attached hydrogens (tertiary/aromatic N) is 4. The average Bonchev–Trinajstić information content (AvgIpc) is 3.19. The van der Waals surface area contributed by atoms with Crippen LogP contribution in [0, 0.1) is 0 Å². The molecule has 4 aromatic rings. The molecule has 0 saturated heterocycles. The van der Waals surface area contributed by atoms with Crippen molar-refractivity contribution in [3.63, 3.8) is 0 Å². The monoisotopic (exact) mass is 1080 g/mol. The van der Waals surface area contributed by atoms with E-state index in [0.717, 1.165) is 22.8 Å². The van der Waals surface area contributed by atoms with Crippen LogP contribution < -0.4 is 20.7 Å². The topological polar surface area (TPSA) is 51.6 Å². The zero-order valence-corrected chi connectivity index (χ0v) is 48.2. The number of halogens is 6. The summed E-state index contributed by atoms with van der Waals surface area (Å²) in [6.45, 7) is 35.5. The van der Waals surface area contributed by atoms with E-state index in [1.54, 1.807) is 0 Å². The van der Waals surface area contributed by atoms with Crippen LogP contribution in [0.4, 0.5) is 0 Å². The Kier molecular flexibility index (Phi) is 22.1. The Morgan fingerprint density at radius 2 is 0.458 bits per heavy atom. The minimum atomic E-state index is -2.09. The van der Waals surface area contributed by atoms with Gasteiger partial charge in [-0.3, -0.25) is 19.9 Å². The van der Waals surface area contributed by atoms with Crippen LogP contribution in [0.2, 0.25) is 44.3 Å². The first-order valence-corrected chi connectivity index (χ1v) is 37.9. The van der Waals surface area contributed by atoms with Crippen LogP contribution in [-0.2, 0) is 15.1 Å². The third-order valence-electron chi connectivity index (χ3n) is 12.1. The van der Waals surface area contributed by atoms with Gasteiger partial charge in [0.15, 0.2) is 29.5 Å². The number of hydrogen-bond donors (Lipinski definition) is 0. The molecule has 0 aliphatic heterocycles. The predicted molar refractivity (Wildman–Crippen MR) is 272 cm³/mol. The normalized spacial score (nSPS) is 12.9. The van der Waals surface area contributed by atoms with E-state index in [0.29, 0.717) is 44.3 Å². The second kappa shape index (κ2) is 23.7. The van der Waals surface area contributed by atoms with Crippen molar-refractivity contribution in [3.8, 4) is 22.8 Å². The molecule has 0 atom stereocenters. The zero-order chi connectivity index (χ0) is 45.3. The second-order valence-corrected chi connectivity index (χ2v) is 45.9. The van der Waals surface area contributed by atoms with Gasteiger partial charge in [-0.15, -0.1) is 0 Å². The van der Waals surface area contributed by atoms with Crippen molar-refractivity contribution in [3.05, 3.63) is 73.3 Å². The minimum absolute atomic E-state index is 0.346. The van der Waals surface area contributed by atoms with Gasteiger partial charge in [-0.2, -0.15) is 44.3 Å². The van der Waals surface area contributed by atoms with E-state index in [4.69, 9.17) is 83.6 Å². The van der Waals surface area contributed by atoms with Gasteiger partial charge in [0.1, 0.15) is 0 Å². The van der Waals surface area contributed by atoms with Crippen molar-refractivity contribution in [2.45, 2.75) is 155 Å². The fourth-order valence-electron chi connectivity index (χ4n) is 8.42. The van der Waals surface area contributed by atoms with Gasteiger partial charge in [-0.05, 0) is 89.3 Å². The van der Waals surface area contributed by atoms with Gasteiger partial charge in [0.2, 0.25) is 0 Å². The van der Waals surface area contributed by atoms with Crippen molar-refractivity contribution < 1.29 is 15.1 Å². The molecule has 4 rings (SSSR count). The summed E-state index contributed by atoms with van der Waals surface area (Å²) < 4.78 is 0. The molecule has 0 aliphatic carbocycles. The Hall–Kier alpha value is -0.169. The molecule has 0 radical (unpaired) electrons. The van der Waals surface area contributed by atoms with E-state index < -0.39 is 29.5 Å². The summed E-state index contributed by atoms with van der Waals surface area (Å²) in [5, 5.41) is 4.80. The van der Waals surface area contributed by atoms with Crippen LogP contribution in [0.15, 0.2) is 73.3 Å². The number of hydrogen-bond acceptors (Lipinski definition) is 4. The number of pyridine rings is 4. The summed E-state index contributed by atoms with van der Waals surface area (Å²) in [6.07, 6.45) is 7.86. The first-order valence-electron chi connectivity index (χ1n) is 20.8. The Bertz CT molecular complexity index is 1540. The van der Waals surface area contributed by atoms with Gasteiger partial charge in [0.05, 0.1) is 22.8 Å². The van der Waals surface area contributed by atoms with Crippen LogP contribution in [-0.4, -0.2) is 49.5 Å². The van der Waals surface area contributed by atoms with E-state index in [-0.39, 0.29) is 15.1 Å². The number of rotatable bonds is 14. The Morgan fingerprint density at radius 1 is 0.322 bits per heavy atom. The average molecular weight is 1080 g/mol. The van der Waals surface area contributed by atoms with Crippen LogP contribution in [0.1, 0.15) is 111 Å². The maximum atomic E-state index is 7.14. The van der Waals surface area contributed by atoms with Crippen LogP contribution in [0.5, 0.6) is 0 Å². The summed E-state index contributed by atoms with van der Waals surface area (Å²) in [4.78, 5) is 18.8. The van der Waals surface area contributed by atoms with E-state index in [1.165, 1.54) is 20.7 Å². The fraction of sp³-hybridized carbons (Fsp3) is 0.545. The van der Waals surface area contributed by atoms with Gasteiger partial charge in [0.25, 0.3) is 0 Å². The van der Waals surface area contributed by atoms with Gasteiger partial charge in [-0.25, -0.2) is 0 Å². The summed E-state index contributed by atoms with van der Waals surface area (Å²) in [6, 6.07) is 16.8. The van der Waals surface area contributed by atoms with Crippen molar-refractivity contribution in [2.24, 2.45) is 0 Å². The Labute approximate surface area is 396 Å². The van der Waals surface area contributed by atoms with Crippen molar-refractivity contribution in [1.82, 2.24) is 19.9 Å². The van der Waals surface area contributed by atoms with E-state index >= 15 is 0 Å². The fourth-order valence-corrected chi connectivity index (χ4v) is 22.8. The molecular formula is C44H68Cl6N4RuSi4. The molecule has 0 aromatic carbocycles. The molecule has 330 valence electrons. The molecule has 0 spiro atoms. The number of aromatic nitrogens is 4. The first-order chi connectivity index (χ1) is 27.3. The van der Waals surface area contributed by atoms with Crippen molar-refractivity contribution in [2.75, 3.05) is 0 Å². The van der Waals surface area contributed by atoms with Gasteiger partial charge < -0.3 is 0 Å². The summed E-state index contributed by atoms with van der Waals surface area (Å²) in [7, 11) is 1.36. The third kappa shape index (κ3) is 12.6. The predicted octanol–water partition coefficient (Wildman–Crippen LogP) is 14.5. The molecule has 0 N–H and O–H groups in total. The molecule has 0 amide bonds. The van der Waals surface area contributed by atoms with Crippen molar-refractivity contribution in [1.29, 1.82) is 0 Å². The molecule has 0 saturated carbocycles. The van der Waals surface area contributed by atoms with Gasteiger partial charge in [0, 0.05) is 24.8 Å². The van der Waals surface area contributed by atoms with Crippen molar-refractivity contribution >= 4 is 114 Å². The summed E-state index contributed by atoms with van der Waals surface area (Å²) in [5.41, 5.74) is 7.14.